The Balaban J connectivity index is 1.14. The van der Waals surface area contributed by atoms with Gasteiger partial charge in [-0.1, -0.05) is 73.6 Å². The minimum atomic E-state index is -1.68. The number of Topliss-reactive ketones (excluding diaryl/α,β-unsaturated/α-hetero) is 1. The van der Waals surface area contributed by atoms with Gasteiger partial charge in [0, 0.05) is 73.2 Å². The molecule has 3 saturated carbocycles. The second-order valence-electron chi connectivity index (χ2n) is 24.4. The first-order chi connectivity index (χ1) is 37.5. The summed E-state index contributed by atoms with van der Waals surface area (Å²) >= 11 is 0. The molecule has 3 aliphatic heterocycles. The number of ketones is 1. The van der Waals surface area contributed by atoms with Crippen molar-refractivity contribution in [3.05, 3.63) is 111 Å². The molecule has 78 heavy (non-hydrogen) atoms. The highest BCUT2D eigenvalue weighted by Gasteiger charge is 2.62. The van der Waals surface area contributed by atoms with Crippen LogP contribution >= 0.6 is 0 Å². The lowest BCUT2D eigenvalue weighted by Gasteiger charge is -2.58. The molecular formula is C64H78N2O12. The molecule has 8 N–H and O–H groups in total. The predicted octanol–water partition coefficient (Wildman–Crippen LogP) is 7.23. The van der Waals surface area contributed by atoms with Crippen molar-refractivity contribution in [1.82, 2.24) is 5.32 Å². The van der Waals surface area contributed by atoms with Crippen molar-refractivity contribution in [2.24, 2.45) is 29.6 Å². The van der Waals surface area contributed by atoms with Gasteiger partial charge in [-0.25, -0.2) is 4.79 Å². The third-order valence-corrected chi connectivity index (χ3v) is 19.5. The van der Waals surface area contributed by atoms with E-state index in [2.05, 4.69) is 34.6 Å². The number of allylic oxidation sites excluding steroid dienone is 2. The summed E-state index contributed by atoms with van der Waals surface area (Å²) < 4.78 is 18.4. The number of ether oxygens (including phenoxy) is 3. The summed E-state index contributed by atoms with van der Waals surface area (Å²) in [5.74, 6) is 2.98. The van der Waals surface area contributed by atoms with E-state index in [1.165, 1.54) is 20.1 Å². The molecule has 0 unspecified atom stereocenters. The number of esters is 2. The maximum atomic E-state index is 15.9. The van der Waals surface area contributed by atoms with Gasteiger partial charge in [0.05, 0.1) is 31.2 Å². The lowest BCUT2D eigenvalue weighted by Crippen LogP contribution is -2.65. The van der Waals surface area contributed by atoms with Gasteiger partial charge < -0.3 is 55.5 Å². The lowest BCUT2D eigenvalue weighted by atomic mass is 9.49. The maximum absolute atomic E-state index is 15.9. The van der Waals surface area contributed by atoms with E-state index in [9.17, 15) is 40.2 Å². The van der Waals surface area contributed by atoms with Crippen molar-refractivity contribution in [2.75, 3.05) is 32.6 Å². The number of anilines is 1. The molecule has 14 nitrogen and oxygen atoms in total. The number of hydrogen-bond donors (Lipinski definition) is 8. The largest absolute Gasteiger partial charge is 0.507 e. The Morgan fingerprint density at radius 3 is 2.46 bits per heavy atom. The number of phenolic OH excluding ortho intramolecular Hbond substituents is 1. The average molecular weight is 1070 g/mol. The minimum Gasteiger partial charge on any atom is -0.507 e. The van der Waals surface area contributed by atoms with Gasteiger partial charge in [0.25, 0.3) is 0 Å². The fourth-order valence-electron chi connectivity index (χ4n) is 15.4. The van der Waals surface area contributed by atoms with Crippen LogP contribution in [0.4, 0.5) is 5.69 Å². The summed E-state index contributed by atoms with van der Waals surface area (Å²) in [7, 11) is 3.25. The second-order valence-corrected chi connectivity index (χ2v) is 24.4. The summed E-state index contributed by atoms with van der Waals surface area (Å²) in [5.41, 5.74) is 2.88. The Morgan fingerprint density at radius 1 is 0.897 bits per heavy atom. The first-order valence-electron chi connectivity index (χ1n) is 28.9. The Morgan fingerprint density at radius 2 is 1.68 bits per heavy atom. The van der Waals surface area contributed by atoms with Crippen LogP contribution in [0.2, 0.25) is 0 Å². The van der Waals surface area contributed by atoms with Gasteiger partial charge in [0.2, 0.25) is 0 Å². The normalized spacial score (nSPS) is 33.7. The summed E-state index contributed by atoms with van der Waals surface area (Å²) in [6.07, 6.45) is 9.96. The van der Waals surface area contributed by atoms with Crippen LogP contribution in [0.3, 0.4) is 0 Å². The predicted molar refractivity (Wildman–Crippen MR) is 293 cm³/mol. The molecule has 0 amide bonds. The molecule has 5 aliphatic carbocycles. The van der Waals surface area contributed by atoms with E-state index in [4.69, 9.17) is 14.2 Å². The third kappa shape index (κ3) is 10.4. The molecule has 3 aromatic rings. The van der Waals surface area contributed by atoms with Crippen molar-refractivity contribution in [2.45, 2.75) is 175 Å². The van der Waals surface area contributed by atoms with Gasteiger partial charge in [0.1, 0.15) is 40.7 Å². The van der Waals surface area contributed by atoms with Crippen LogP contribution in [0.1, 0.15) is 159 Å². The first-order valence-corrected chi connectivity index (χ1v) is 28.9. The number of phenols is 1. The third-order valence-electron chi connectivity index (χ3n) is 19.5. The van der Waals surface area contributed by atoms with E-state index in [-0.39, 0.29) is 92.1 Å². The Kier molecular flexibility index (Phi) is 15.6. The Hall–Kier alpha value is -5.37. The number of nitrogens with one attached hydrogen (secondary N) is 2. The monoisotopic (exact) mass is 1070 g/mol. The zero-order valence-electron chi connectivity index (χ0n) is 45.3. The van der Waals surface area contributed by atoms with Gasteiger partial charge in [-0.15, -0.1) is 0 Å². The van der Waals surface area contributed by atoms with Crippen molar-refractivity contribution in [3.63, 3.8) is 0 Å². The SMILES string of the molecule is CN[C@@H]1CCc2c(NC[C@@](C)(O)[C@H](O)COC)cc([C@@H]3C#C[C@@H]4CC(=O)Oc5c4cc(c(O)c5C4CCCCC4)C[C@H]4OC(=O)/C(=C\[C@H](O)Cc5cccc(c5)C[C@@H]5C(=O)CC[C@@H]6[C@H]5C[C@@H]5C=CCC[C@@H]5[C@]64O)C3)cc2[C@@H]1O. The highest BCUT2D eigenvalue weighted by Crippen LogP contribution is 2.58. The molecule has 0 spiro atoms. The van der Waals surface area contributed by atoms with Gasteiger partial charge in [-0.3, -0.25) is 9.59 Å². The summed E-state index contributed by atoms with van der Waals surface area (Å²) in [4.78, 5) is 44.2. The highest BCUT2D eigenvalue weighted by molar-refractivity contribution is 5.89. The molecule has 14 heteroatoms. The molecular weight excluding hydrogens is 989 g/mol. The minimum absolute atomic E-state index is 0.0406. The Labute approximate surface area is 458 Å². The van der Waals surface area contributed by atoms with Crippen LogP contribution in [0.5, 0.6) is 11.5 Å². The molecule has 0 saturated heterocycles. The van der Waals surface area contributed by atoms with Crippen LogP contribution in [0, 0.1) is 41.4 Å². The zero-order chi connectivity index (χ0) is 54.6. The number of fused-ring (bicyclic) bond motifs is 10. The van der Waals surface area contributed by atoms with E-state index in [0.29, 0.717) is 84.2 Å². The fourth-order valence-corrected chi connectivity index (χ4v) is 15.4. The topological polar surface area (TPSA) is 224 Å². The number of aliphatic hydroxyl groups is 5. The number of carbonyl (C=O) groups excluding carboxylic acids is 3. The van der Waals surface area contributed by atoms with Crippen molar-refractivity contribution >= 4 is 23.4 Å². The standard InChI is InChI=1S/C64H78N2O12/c1-63(74,55(69)33-76-3)34-66-53-30-41(28-49-45(53)18-20-52(65-2)60(49)72)38-16-17-39-32-57(70)78-61-46(39)29-42(59(71)58(61)37-12-5-4-6-13-37)31-56-64(75)50-15-8-7-14-40(50)27-47-48(54(68)21-19-51(47)64)24-36-11-9-10-35(22-36)23-44(67)26-43(25-38)62(73)77-56/h7,9-11,14,22,26,28-30,37-40,44,47-48,50-52,55-56,60,65-67,69,71-72,74-75H,4-6,8,12-13,15,18-21,23-25,27,31-34H2,1-3H3/b43-26-/t38-,39-,40+,44-,47+,48+,50+,51-,52-,55-,56-,60+,63-,64+/m1/s1. The summed E-state index contributed by atoms with van der Waals surface area (Å²) in [5, 5.41) is 80.5. The van der Waals surface area contributed by atoms with Gasteiger partial charge >= 0.3 is 11.9 Å². The average Bonchev–Trinajstić information content (AvgIpc) is 3.62. The fraction of sp³-hybridized carbons (Fsp3) is 0.578. The van der Waals surface area contributed by atoms with E-state index in [0.717, 1.165) is 48.8 Å². The quantitative estimate of drug-likeness (QED) is 0.0459. The smallest absolute Gasteiger partial charge is 0.334 e. The van der Waals surface area contributed by atoms with E-state index < -0.39 is 71.2 Å². The van der Waals surface area contributed by atoms with Crippen LogP contribution < -0.4 is 15.4 Å². The number of carbonyl (C=O) groups is 3. The van der Waals surface area contributed by atoms with Gasteiger partial charge in [-0.2, -0.15) is 0 Å². The maximum Gasteiger partial charge on any atom is 0.334 e. The molecule has 11 rings (SSSR count). The van der Waals surface area contributed by atoms with Crippen molar-refractivity contribution in [3.8, 4) is 23.3 Å². The van der Waals surface area contributed by atoms with Crippen LogP contribution in [-0.2, 0) is 49.5 Å². The number of aromatic hydroxyl groups is 1. The molecule has 3 fully saturated rings. The molecule has 3 heterocycles. The molecule has 10 bridgehead atoms. The zero-order valence-corrected chi connectivity index (χ0v) is 45.3. The molecule has 3 aromatic carbocycles. The Bertz CT molecular complexity index is 2930. The molecule has 8 aliphatic rings. The number of methoxy groups -OCH3 is 1. The number of hydrogen-bond acceptors (Lipinski definition) is 14. The molecule has 416 valence electrons. The molecule has 0 radical (unpaired) electrons. The van der Waals surface area contributed by atoms with Crippen molar-refractivity contribution in [1.29, 1.82) is 0 Å². The van der Waals surface area contributed by atoms with Crippen LogP contribution in [-0.4, -0.2) is 111 Å². The van der Waals surface area contributed by atoms with Gasteiger partial charge in [-0.05, 0) is 159 Å². The van der Waals surface area contributed by atoms with Crippen LogP contribution in [0.25, 0.3) is 0 Å². The highest BCUT2D eigenvalue weighted by atomic mass is 16.6. The second kappa shape index (κ2) is 22.3. The number of rotatable bonds is 9. The van der Waals surface area contributed by atoms with Crippen molar-refractivity contribution < 1.29 is 59.2 Å². The summed E-state index contributed by atoms with van der Waals surface area (Å²) in [6.45, 7) is 1.33. The van der Waals surface area contributed by atoms with E-state index in [1.54, 1.807) is 7.05 Å². The molecule has 14 atom stereocenters. The van der Waals surface area contributed by atoms with Crippen LogP contribution in [0.15, 0.2) is 66.3 Å². The first kappa shape index (κ1) is 54.6. The lowest BCUT2D eigenvalue weighted by molar-refractivity contribution is -0.221. The van der Waals surface area contributed by atoms with Gasteiger partial charge in [0.15, 0.2) is 0 Å². The number of aliphatic hydroxyl groups excluding tert-OH is 3. The molecule has 0 aromatic heterocycles. The number of benzene rings is 3. The summed E-state index contributed by atoms with van der Waals surface area (Å²) in [6, 6.07) is 13.3. The van der Waals surface area contributed by atoms with E-state index >= 15 is 4.79 Å². The van der Waals surface area contributed by atoms with E-state index in [1.807, 2.05) is 42.5 Å². The number of likely N-dealkylation sites (N-methyl/N-ethyl adjacent to an activating group) is 1.